The van der Waals surface area contributed by atoms with Crippen molar-refractivity contribution in [3.05, 3.63) is 58.4 Å². The lowest BCUT2D eigenvalue weighted by Gasteiger charge is -2.38. The van der Waals surface area contributed by atoms with E-state index in [-0.39, 0.29) is 24.4 Å². The van der Waals surface area contributed by atoms with E-state index in [9.17, 15) is 14.0 Å². The summed E-state index contributed by atoms with van der Waals surface area (Å²) in [5, 5.41) is 3.27. The number of anilines is 1. The number of carbonyl (C=O) groups is 2. The van der Waals surface area contributed by atoms with E-state index in [4.69, 9.17) is 32.5 Å². The van der Waals surface area contributed by atoms with Crippen LogP contribution in [0.5, 0.6) is 5.75 Å². The highest BCUT2D eigenvalue weighted by molar-refractivity contribution is 6.33. The van der Waals surface area contributed by atoms with Gasteiger partial charge in [-0.15, -0.1) is 0 Å². The number of primary amides is 1. The van der Waals surface area contributed by atoms with Gasteiger partial charge in [0.25, 0.3) is 5.91 Å². The zero-order valence-corrected chi connectivity index (χ0v) is 19.8. The van der Waals surface area contributed by atoms with Crippen molar-refractivity contribution >= 4 is 29.3 Å². The molecule has 1 heterocycles. The maximum absolute atomic E-state index is 13.4. The van der Waals surface area contributed by atoms with Crippen LogP contribution in [0.15, 0.2) is 36.4 Å². The monoisotopic (exact) mass is 492 g/mol. The third-order valence-electron chi connectivity index (χ3n) is 6.10. The van der Waals surface area contributed by atoms with Crippen molar-refractivity contribution in [1.82, 2.24) is 10.2 Å². The molecule has 2 aromatic rings. The number of hydrogen-bond donors (Lipinski definition) is 3. The summed E-state index contributed by atoms with van der Waals surface area (Å²) < 4.78 is 23.6. The summed E-state index contributed by atoms with van der Waals surface area (Å²) >= 11 is 6.07. The Kier molecular flexibility index (Phi) is 8.95. The van der Waals surface area contributed by atoms with Gasteiger partial charge in [-0.05, 0) is 55.6 Å². The summed E-state index contributed by atoms with van der Waals surface area (Å²) in [5.41, 5.74) is 12.5. The number of amides is 2. The van der Waals surface area contributed by atoms with Gasteiger partial charge in [-0.25, -0.2) is 9.18 Å². The van der Waals surface area contributed by atoms with Crippen LogP contribution < -0.4 is 21.5 Å². The SMILES string of the molecule is COc1cc(N)c(Cl)cc1C(=O)NCC1CCN(C(CCOC(N)=O)c2ccc(F)cc2)CC1. The van der Waals surface area contributed by atoms with Crippen LogP contribution in [0.2, 0.25) is 5.02 Å². The van der Waals surface area contributed by atoms with Crippen molar-refractivity contribution in [2.24, 2.45) is 11.7 Å². The number of hydrogen-bond acceptors (Lipinski definition) is 6. The molecule has 0 aromatic heterocycles. The van der Waals surface area contributed by atoms with Crippen molar-refractivity contribution < 1.29 is 23.5 Å². The molecule has 1 atom stereocenters. The van der Waals surface area contributed by atoms with Gasteiger partial charge in [-0.3, -0.25) is 9.69 Å². The largest absolute Gasteiger partial charge is 0.496 e. The molecule has 1 aliphatic rings. The lowest BCUT2D eigenvalue weighted by Crippen LogP contribution is -2.40. The van der Waals surface area contributed by atoms with E-state index in [0.717, 1.165) is 31.5 Å². The minimum Gasteiger partial charge on any atom is -0.496 e. The van der Waals surface area contributed by atoms with E-state index in [0.29, 0.717) is 40.9 Å². The zero-order valence-electron chi connectivity index (χ0n) is 19.1. The molecular formula is C24H30ClFN4O4. The molecule has 0 aliphatic carbocycles. The second kappa shape index (κ2) is 11.9. The van der Waals surface area contributed by atoms with Crippen LogP contribution in [0.25, 0.3) is 0 Å². The average molecular weight is 493 g/mol. The summed E-state index contributed by atoms with van der Waals surface area (Å²) in [7, 11) is 1.47. The Bertz CT molecular complexity index is 997. The van der Waals surface area contributed by atoms with Gasteiger partial charge in [0.2, 0.25) is 0 Å². The summed E-state index contributed by atoms with van der Waals surface area (Å²) in [6.07, 6.45) is 1.47. The van der Waals surface area contributed by atoms with Gasteiger partial charge in [0.05, 0.1) is 30.0 Å². The van der Waals surface area contributed by atoms with Crippen LogP contribution in [0.3, 0.4) is 0 Å². The van der Waals surface area contributed by atoms with E-state index < -0.39 is 6.09 Å². The number of methoxy groups -OCH3 is 1. The fourth-order valence-corrected chi connectivity index (χ4v) is 4.40. The molecule has 0 bridgehead atoms. The topological polar surface area (TPSA) is 120 Å². The maximum atomic E-state index is 13.4. The van der Waals surface area contributed by atoms with E-state index in [1.54, 1.807) is 12.1 Å². The second-order valence-corrected chi connectivity index (χ2v) is 8.69. The Morgan fingerprint density at radius 1 is 1.24 bits per heavy atom. The fourth-order valence-electron chi connectivity index (χ4n) is 4.23. The number of carbonyl (C=O) groups excluding carboxylic acids is 2. The van der Waals surface area contributed by atoms with Crippen molar-refractivity contribution in [3.8, 4) is 5.75 Å². The quantitative estimate of drug-likeness (QED) is 0.459. The summed E-state index contributed by atoms with van der Waals surface area (Å²) in [5.74, 6) is 0.0963. The molecule has 1 aliphatic heterocycles. The Morgan fingerprint density at radius 3 is 2.53 bits per heavy atom. The highest BCUT2D eigenvalue weighted by Gasteiger charge is 2.27. The maximum Gasteiger partial charge on any atom is 0.404 e. The predicted molar refractivity (Wildman–Crippen MR) is 128 cm³/mol. The predicted octanol–water partition coefficient (Wildman–Crippen LogP) is 3.74. The third kappa shape index (κ3) is 6.74. The number of ether oxygens (including phenoxy) is 2. The molecule has 34 heavy (non-hydrogen) atoms. The van der Waals surface area contributed by atoms with Gasteiger partial charge in [0, 0.05) is 25.1 Å². The minimum absolute atomic E-state index is 0.0309. The van der Waals surface area contributed by atoms with Crippen molar-refractivity contribution in [1.29, 1.82) is 0 Å². The fraction of sp³-hybridized carbons (Fsp3) is 0.417. The van der Waals surface area contributed by atoms with Crippen molar-refractivity contribution in [3.63, 3.8) is 0 Å². The number of piperidine rings is 1. The summed E-state index contributed by atoms with van der Waals surface area (Å²) in [6, 6.07) is 9.37. The molecule has 1 unspecified atom stereocenters. The van der Waals surface area contributed by atoms with Crippen molar-refractivity contribution in [2.75, 3.05) is 39.1 Å². The first-order valence-corrected chi connectivity index (χ1v) is 11.5. The van der Waals surface area contributed by atoms with Crippen LogP contribution in [0, 0.1) is 11.7 Å². The Labute approximate surface area is 203 Å². The van der Waals surface area contributed by atoms with Crippen molar-refractivity contribution in [2.45, 2.75) is 25.3 Å². The van der Waals surface area contributed by atoms with Crippen LogP contribution >= 0.6 is 11.6 Å². The summed E-state index contributed by atoms with van der Waals surface area (Å²) in [4.78, 5) is 26.0. The molecule has 184 valence electrons. The highest BCUT2D eigenvalue weighted by atomic mass is 35.5. The van der Waals surface area contributed by atoms with Crippen LogP contribution in [0.1, 0.15) is 41.2 Å². The standard InChI is InChI=1S/C24H30ClFN4O4/c1-33-22-13-20(27)19(25)12-18(22)23(31)29-14-15-6-9-30(10-7-15)21(8-11-34-24(28)32)16-2-4-17(26)5-3-16/h2-5,12-13,15,21H,6-11,14,27H2,1H3,(H2,28,32)(H,29,31). The average Bonchev–Trinajstić information content (AvgIpc) is 2.83. The number of nitrogens with two attached hydrogens (primary N) is 2. The van der Waals surface area contributed by atoms with E-state index in [1.807, 2.05) is 0 Å². The van der Waals surface area contributed by atoms with Gasteiger partial charge in [0.1, 0.15) is 11.6 Å². The molecule has 2 aromatic carbocycles. The van der Waals surface area contributed by atoms with Crippen LogP contribution in [0.4, 0.5) is 14.9 Å². The Morgan fingerprint density at radius 2 is 1.91 bits per heavy atom. The zero-order chi connectivity index (χ0) is 24.7. The molecule has 3 rings (SSSR count). The molecule has 10 heteroatoms. The Balaban J connectivity index is 1.57. The Hall–Kier alpha value is -3.04. The summed E-state index contributed by atoms with van der Waals surface area (Å²) in [6.45, 7) is 2.27. The van der Waals surface area contributed by atoms with Crippen LogP contribution in [-0.2, 0) is 4.74 Å². The van der Waals surface area contributed by atoms with Gasteiger partial charge >= 0.3 is 6.09 Å². The second-order valence-electron chi connectivity index (χ2n) is 8.29. The molecule has 8 nitrogen and oxygen atoms in total. The molecule has 5 N–H and O–H groups in total. The van der Waals surface area contributed by atoms with Gasteiger partial charge in [-0.1, -0.05) is 23.7 Å². The highest BCUT2D eigenvalue weighted by Crippen LogP contribution is 2.31. The number of benzene rings is 2. The van der Waals surface area contributed by atoms with E-state index >= 15 is 0 Å². The number of nitrogens with zero attached hydrogens (tertiary/aromatic N) is 1. The first-order valence-electron chi connectivity index (χ1n) is 11.1. The first kappa shape index (κ1) is 25.6. The number of likely N-dealkylation sites (tertiary alicyclic amines) is 1. The van der Waals surface area contributed by atoms with Crippen LogP contribution in [-0.4, -0.2) is 50.3 Å². The smallest absolute Gasteiger partial charge is 0.404 e. The van der Waals surface area contributed by atoms with Gasteiger partial charge < -0.3 is 26.3 Å². The lowest BCUT2D eigenvalue weighted by atomic mass is 9.93. The van der Waals surface area contributed by atoms with Gasteiger partial charge in [0.15, 0.2) is 0 Å². The molecular weight excluding hydrogens is 463 g/mol. The van der Waals surface area contributed by atoms with Gasteiger partial charge in [-0.2, -0.15) is 0 Å². The molecule has 2 amide bonds. The number of halogens is 2. The number of nitrogen functional groups attached to an aromatic ring is 1. The lowest BCUT2D eigenvalue weighted by molar-refractivity contribution is 0.0884. The normalized spacial score (nSPS) is 15.5. The molecule has 1 fully saturated rings. The molecule has 0 radical (unpaired) electrons. The minimum atomic E-state index is -0.814. The molecule has 0 saturated carbocycles. The molecule has 0 spiro atoms. The first-order chi connectivity index (χ1) is 16.3. The number of rotatable bonds is 9. The third-order valence-corrected chi connectivity index (χ3v) is 6.42. The van der Waals surface area contributed by atoms with E-state index in [1.165, 1.54) is 31.4 Å². The molecule has 1 saturated heterocycles. The van der Waals surface area contributed by atoms with E-state index in [2.05, 4.69) is 10.2 Å². The number of nitrogens with one attached hydrogen (secondary N) is 1.